The van der Waals surface area contributed by atoms with Crippen LogP contribution >= 0.6 is 0 Å². The van der Waals surface area contributed by atoms with Gasteiger partial charge in [-0.15, -0.1) is 0 Å². The van der Waals surface area contributed by atoms with Gasteiger partial charge in [0.15, 0.2) is 0 Å². The highest BCUT2D eigenvalue weighted by atomic mass is 16.7. The summed E-state index contributed by atoms with van der Waals surface area (Å²) in [7, 11) is 4.74. The van der Waals surface area contributed by atoms with Crippen molar-refractivity contribution in [1.29, 1.82) is 0 Å². The summed E-state index contributed by atoms with van der Waals surface area (Å²) in [6, 6.07) is 7.47. The number of benzene rings is 1. The second-order valence-corrected chi connectivity index (χ2v) is 3.10. The summed E-state index contributed by atoms with van der Waals surface area (Å²) in [6.07, 6.45) is 0. The van der Waals surface area contributed by atoms with E-state index in [0.29, 0.717) is 0 Å². The Balaban J connectivity index is 3.10. The molecule has 0 aliphatic carbocycles. The lowest BCUT2D eigenvalue weighted by molar-refractivity contribution is -0.208. The second kappa shape index (κ2) is 5.11. The monoisotopic (exact) mass is 211 g/mol. The van der Waals surface area contributed by atoms with Gasteiger partial charge in [-0.05, 0) is 12.1 Å². The maximum atomic E-state index is 5.66. The molecule has 0 aliphatic rings. The summed E-state index contributed by atoms with van der Waals surface area (Å²) in [5.74, 6) is -0.145. The van der Waals surface area contributed by atoms with Gasteiger partial charge < -0.3 is 19.9 Å². The Hall–Kier alpha value is -1.10. The van der Waals surface area contributed by atoms with E-state index >= 15 is 0 Å². The minimum Gasteiger partial charge on any atom is -0.497 e. The molecule has 84 valence electrons. The molecule has 1 aromatic carbocycles. The molecule has 2 N–H and O–H groups in total. The quantitative estimate of drug-likeness (QED) is 0.741. The molecule has 0 amide bonds. The van der Waals surface area contributed by atoms with Crippen molar-refractivity contribution in [2.75, 3.05) is 27.9 Å². The average Bonchev–Trinajstić information content (AvgIpc) is 2.32. The molecule has 0 heterocycles. The maximum absolute atomic E-state index is 5.66. The zero-order valence-corrected chi connectivity index (χ0v) is 9.32. The van der Waals surface area contributed by atoms with Gasteiger partial charge in [0.05, 0.1) is 13.7 Å². The van der Waals surface area contributed by atoms with Crippen molar-refractivity contribution in [3.8, 4) is 5.75 Å². The molecule has 0 unspecified atom stereocenters. The minimum atomic E-state index is -0.894. The van der Waals surface area contributed by atoms with Crippen LogP contribution in [0.4, 0.5) is 0 Å². The van der Waals surface area contributed by atoms with Gasteiger partial charge in [0.1, 0.15) is 5.75 Å². The Morgan fingerprint density at radius 1 is 1.20 bits per heavy atom. The number of ether oxygens (including phenoxy) is 3. The second-order valence-electron chi connectivity index (χ2n) is 3.10. The highest BCUT2D eigenvalue weighted by molar-refractivity contribution is 5.31. The van der Waals surface area contributed by atoms with E-state index in [-0.39, 0.29) is 6.54 Å². The molecule has 1 aromatic rings. The summed E-state index contributed by atoms with van der Waals surface area (Å²) in [6.45, 7) is 0.243. The van der Waals surface area contributed by atoms with Crippen LogP contribution in [0.1, 0.15) is 5.56 Å². The predicted molar refractivity (Wildman–Crippen MR) is 57.7 cm³/mol. The van der Waals surface area contributed by atoms with Crippen molar-refractivity contribution in [3.05, 3.63) is 29.8 Å². The number of hydrogen-bond donors (Lipinski definition) is 1. The van der Waals surface area contributed by atoms with Gasteiger partial charge >= 0.3 is 0 Å². The van der Waals surface area contributed by atoms with Crippen molar-refractivity contribution < 1.29 is 14.2 Å². The predicted octanol–water partition coefficient (Wildman–Crippen LogP) is 1.10. The molecule has 15 heavy (non-hydrogen) atoms. The number of nitrogens with two attached hydrogens (primary N) is 1. The van der Waals surface area contributed by atoms with Crippen molar-refractivity contribution in [3.63, 3.8) is 0 Å². The Kier molecular flexibility index (Phi) is 4.08. The van der Waals surface area contributed by atoms with Crippen LogP contribution in [0.2, 0.25) is 0 Å². The lowest BCUT2D eigenvalue weighted by atomic mass is 10.1. The molecule has 0 bridgehead atoms. The Morgan fingerprint density at radius 3 is 2.33 bits per heavy atom. The van der Waals surface area contributed by atoms with Crippen molar-refractivity contribution in [1.82, 2.24) is 0 Å². The molecular weight excluding hydrogens is 194 g/mol. The highest BCUT2D eigenvalue weighted by Gasteiger charge is 2.30. The Bertz CT molecular complexity index is 302. The zero-order chi connectivity index (χ0) is 11.3. The Morgan fingerprint density at radius 2 is 1.87 bits per heavy atom. The van der Waals surface area contributed by atoms with E-state index in [1.54, 1.807) is 21.3 Å². The van der Waals surface area contributed by atoms with Gasteiger partial charge in [-0.25, -0.2) is 0 Å². The normalized spacial score (nSPS) is 11.5. The van der Waals surface area contributed by atoms with E-state index in [4.69, 9.17) is 19.9 Å². The summed E-state index contributed by atoms with van der Waals surface area (Å²) >= 11 is 0. The first-order valence-electron chi connectivity index (χ1n) is 4.67. The fourth-order valence-corrected chi connectivity index (χ4v) is 1.46. The molecule has 0 atom stereocenters. The first-order valence-corrected chi connectivity index (χ1v) is 4.67. The van der Waals surface area contributed by atoms with Crippen molar-refractivity contribution in [2.24, 2.45) is 5.73 Å². The summed E-state index contributed by atoms with van der Waals surface area (Å²) < 4.78 is 15.8. The standard InChI is InChI=1S/C11H17NO3/c1-13-10-6-4-5-9(7-10)11(8-12,14-2)15-3/h4-7H,8,12H2,1-3H3. The van der Waals surface area contributed by atoms with Gasteiger partial charge in [0.2, 0.25) is 5.79 Å². The van der Waals surface area contributed by atoms with Crippen LogP contribution in [0, 0.1) is 0 Å². The molecule has 0 saturated heterocycles. The molecule has 0 radical (unpaired) electrons. The highest BCUT2D eigenvalue weighted by Crippen LogP contribution is 2.27. The zero-order valence-electron chi connectivity index (χ0n) is 9.32. The van der Waals surface area contributed by atoms with E-state index in [1.165, 1.54) is 0 Å². The van der Waals surface area contributed by atoms with E-state index in [1.807, 2.05) is 24.3 Å². The van der Waals surface area contributed by atoms with Crippen LogP contribution in [-0.4, -0.2) is 27.9 Å². The molecule has 0 fully saturated rings. The smallest absolute Gasteiger partial charge is 0.207 e. The van der Waals surface area contributed by atoms with Crippen molar-refractivity contribution >= 4 is 0 Å². The number of methoxy groups -OCH3 is 3. The van der Waals surface area contributed by atoms with Crippen LogP contribution in [0.5, 0.6) is 5.75 Å². The molecule has 0 saturated carbocycles. The molecular formula is C11H17NO3. The van der Waals surface area contributed by atoms with Gasteiger partial charge in [-0.1, -0.05) is 12.1 Å². The fraction of sp³-hybridized carbons (Fsp3) is 0.455. The minimum absolute atomic E-state index is 0.243. The van der Waals surface area contributed by atoms with Crippen LogP contribution in [-0.2, 0) is 15.3 Å². The molecule has 1 rings (SSSR count). The van der Waals surface area contributed by atoms with Gasteiger partial charge in [-0.3, -0.25) is 0 Å². The topological polar surface area (TPSA) is 53.7 Å². The summed E-state index contributed by atoms with van der Waals surface area (Å²) in [4.78, 5) is 0. The summed E-state index contributed by atoms with van der Waals surface area (Å²) in [5.41, 5.74) is 6.50. The third-order valence-electron chi connectivity index (χ3n) is 2.44. The van der Waals surface area contributed by atoms with Crippen LogP contribution < -0.4 is 10.5 Å². The van der Waals surface area contributed by atoms with Crippen LogP contribution in [0.15, 0.2) is 24.3 Å². The van der Waals surface area contributed by atoms with Crippen LogP contribution in [0.3, 0.4) is 0 Å². The Labute approximate surface area is 89.9 Å². The van der Waals surface area contributed by atoms with Gasteiger partial charge in [0.25, 0.3) is 0 Å². The largest absolute Gasteiger partial charge is 0.497 e. The average molecular weight is 211 g/mol. The maximum Gasteiger partial charge on any atom is 0.207 e. The molecule has 0 spiro atoms. The molecule has 0 aromatic heterocycles. The first kappa shape index (κ1) is 12.0. The SMILES string of the molecule is COc1cccc(C(CN)(OC)OC)c1. The fourth-order valence-electron chi connectivity index (χ4n) is 1.46. The van der Waals surface area contributed by atoms with Crippen molar-refractivity contribution in [2.45, 2.75) is 5.79 Å². The van der Waals surface area contributed by atoms with E-state index in [9.17, 15) is 0 Å². The molecule has 4 nitrogen and oxygen atoms in total. The van der Waals surface area contributed by atoms with Gasteiger partial charge in [0, 0.05) is 19.8 Å². The van der Waals surface area contributed by atoms with E-state index < -0.39 is 5.79 Å². The van der Waals surface area contributed by atoms with Gasteiger partial charge in [-0.2, -0.15) is 0 Å². The summed E-state index contributed by atoms with van der Waals surface area (Å²) in [5, 5.41) is 0. The third-order valence-corrected chi connectivity index (χ3v) is 2.44. The molecule has 4 heteroatoms. The first-order chi connectivity index (χ1) is 7.22. The number of hydrogen-bond acceptors (Lipinski definition) is 4. The van der Waals surface area contributed by atoms with E-state index in [0.717, 1.165) is 11.3 Å². The lowest BCUT2D eigenvalue weighted by Crippen LogP contribution is -2.38. The third kappa shape index (κ3) is 2.28. The van der Waals surface area contributed by atoms with E-state index in [2.05, 4.69) is 0 Å². The lowest BCUT2D eigenvalue weighted by Gasteiger charge is -2.29. The van der Waals surface area contributed by atoms with Crippen LogP contribution in [0.25, 0.3) is 0 Å². The number of rotatable bonds is 5. The molecule has 0 aliphatic heterocycles.